The number of fused-ring (bicyclic) bond motifs is 1. The smallest absolute Gasteiger partial charge is 0.263 e. The average Bonchev–Trinajstić information content (AvgIpc) is 2.78. The molecule has 0 spiro atoms. The zero-order chi connectivity index (χ0) is 14.3. The third kappa shape index (κ3) is 1.82. The van der Waals surface area contributed by atoms with Crippen LogP contribution in [0.4, 0.5) is 0 Å². The number of likely N-dealkylation sites (tertiary alicyclic amines) is 1. The number of ketones is 1. The molecule has 5 heteroatoms. The second-order valence-electron chi connectivity index (χ2n) is 5.38. The number of nitrogens with zero attached hydrogens (tertiary/aromatic N) is 1. The van der Waals surface area contributed by atoms with Crippen molar-refractivity contribution in [3.05, 3.63) is 42.0 Å². The Morgan fingerprint density at radius 3 is 2.75 bits per heavy atom. The maximum atomic E-state index is 12.3. The summed E-state index contributed by atoms with van der Waals surface area (Å²) in [5.41, 5.74) is 5.07. The van der Waals surface area contributed by atoms with E-state index in [9.17, 15) is 9.59 Å². The summed E-state index contributed by atoms with van der Waals surface area (Å²) in [6, 6.07) is 9.27. The molecular weight excluding hydrogens is 256 g/mol. The van der Waals surface area contributed by atoms with E-state index in [1.807, 2.05) is 42.3 Å². The number of hydrogen-bond acceptors (Lipinski definition) is 4. The Bertz CT molecular complexity index is 596. The molecular formula is C15H16N2O3. The maximum Gasteiger partial charge on any atom is 0.263 e. The first-order valence-corrected chi connectivity index (χ1v) is 6.51. The molecule has 104 valence electrons. The third-order valence-corrected chi connectivity index (χ3v) is 3.95. The molecule has 0 bridgehead atoms. The van der Waals surface area contributed by atoms with Crippen molar-refractivity contribution in [3.63, 3.8) is 0 Å². The van der Waals surface area contributed by atoms with Crippen LogP contribution in [-0.2, 0) is 14.3 Å². The largest absolute Gasteiger partial charge is 0.474 e. The molecule has 20 heavy (non-hydrogen) atoms. The van der Waals surface area contributed by atoms with Crippen molar-refractivity contribution >= 4 is 17.4 Å². The summed E-state index contributed by atoms with van der Waals surface area (Å²) >= 11 is 0. The average molecular weight is 272 g/mol. The van der Waals surface area contributed by atoms with Gasteiger partial charge in [-0.05, 0) is 7.05 Å². The molecule has 1 fully saturated rings. The summed E-state index contributed by atoms with van der Waals surface area (Å²) < 4.78 is 5.91. The summed E-state index contributed by atoms with van der Waals surface area (Å²) in [6.45, 7) is 0.823. The van der Waals surface area contributed by atoms with Gasteiger partial charge in [-0.3, -0.25) is 9.59 Å². The second kappa shape index (κ2) is 4.45. The monoisotopic (exact) mass is 272 g/mol. The molecule has 2 aliphatic heterocycles. The zero-order valence-electron chi connectivity index (χ0n) is 11.2. The van der Waals surface area contributed by atoms with E-state index in [1.165, 1.54) is 6.08 Å². The van der Waals surface area contributed by atoms with Crippen LogP contribution in [0.2, 0.25) is 0 Å². The second-order valence-corrected chi connectivity index (χ2v) is 5.38. The highest BCUT2D eigenvalue weighted by atomic mass is 16.5. The van der Waals surface area contributed by atoms with E-state index in [4.69, 9.17) is 10.5 Å². The summed E-state index contributed by atoms with van der Waals surface area (Å²) in [4.78, 5) is 26.1. The predicted molar refractivity (Wildman–Crippen MR) is 73.4 cm³/mol. The molecule has 2 atom stereocenters. The van der Waals surface area contributed by atoms with Crippen molar-refractivity contribution in [2.24, 2.45) is 11.7 Å². The number of nitrogens with two attached hydrogens (primary N) is 1. The first-order valence-electron chi connectivity index (χ1n) is 6.51. The molecule has 2 aliphatic rings. The minimum Gasteiger partial charge on any atom is -0.474 e. The lowest BCUT2D eigenvalue weighted by molar-refractivity contribution is -0.145. The highest BCUT2D eigenvalue weighted by Gasteiger charge is 2.57. The Morgan fingerprint density at radius 1 is 1.40 bits per heavy atom. The van der Waals surface area contributed by atoms with Crippen LogP contribution in [0.25, 0.3) is 5.76 Å². The molecule has 0 saturated carbocycles. The number of likely N-dealkylation sites (N-methyl/N-ethyl adjacent to an activating group) is 1. The van der Waals surface area contributed by atoms with Crippen LogP contribution in [0.1, 0.15) is 5.56 Å². The number of carbonyl (C=O) groups excluding carboxylic acids is 2. The Kier molecular flexibility index (Phi) is 2.87. The number of amides is 1. The number of hydrogen-bond donors (Lipinski definition) is 1. The Morgan fingerprint density at radius 2 is 2.10 bits per heavy atom. The van der Waals surface area contributed by atoms with Crippen LogP contribution in [0, 0.1) is 5.92 Å². The van der Waals surface area contributed by atoms with Gasteiger partial charge in [-0.1, -0.05) is 30.3 Å². The van der Waals surface area contributed by atoms with Crippen molar-refractivity contribution < 1.29 is 14.3 Å². The van der Waals surface area contributed by atoms with Gasteiger partial charge in [0.15, 0.2) is 5.78 Å². The van der Waals surface area contributed by atoms with Crippen molar-refractivity contribution in [2.45, 2.75) is 5.60 Å². The molecule has 2 heterocycles. The Hall–Kier alpha value is -2.14. The first-order chi connectivity index (χ1) is 9.53. The van der Waals surface area contributed by atoms with Gasteiger partial charge in [0.25, 0.3) is 5.91 Å². The molecule has 1 saturated heterocycles. The van der Waals surface area contributed by atoms with Crippen molar-refractivity contribution in [1.29, 1.82) is 0 Å². The summed E-state index contributed by atoms with van der Waals surface area (Å²) in [7, 11) is 1.85. The zero-order valence-corrected chi connectivity index (χ0v) is 11.2. The van der Waals surface area contributed by atoms with Crippen LogP contribution in [0.5, 0.6) is 0 Å². The lowest BCUT2D eigenvalue weighted by Gasteiger charge is -2.35. The lowest BCUT2D eigenvalue weighted by Crippen LogP contribution is -2.55. The summed E-state index contributed by atoms with van der Waals surface area (Å²) in [5, 5.41) is 0. The fourth-order valence-corrected chi connectivity index (χ4v) is 2.96. The maximum absolute atomic E-state index is 12.3. The summed E-state index contributed by atoms with van der Waals surface area (Å²) in [5.74, 6) is -0.779. The molecule has 3 rings (SSSR count). The van der Waals surface area contributed by atoms with Gasteiger partial charge in [-0.25, -0.2) is 0 Å². The number of rotatable bonds is 2. The van der Waals surface area contributed by atoms with Crippen molar-refractivity contribution in [1.82, 2.24) is 4.90 Å². The van der Waals surface area contributed by atoms with Crippen molar-refractivity contribution in [2.75, 3.05) is 20.1 Å². The van der Waals surface area contributed by atoms with Crippen LogP contribution in [0.15, 0.2) is 36.4 Å². The van der Waals surface area contributed by atoms with E-state index in [-0.39, 0.29) is 5.78 Å². The fourth-order valence-electron chi connectivity index (χ4n) is 2.96. The van der Waals surface area contributed by atoms with E-state index in [1.54, 1.807) is 0 Å². The van der Waals surface area contributed by atoms with Crippen molar-refractivity contribution in [3.8, 4) is 0 Å². The number of allylic oxidation sites excluding steroid dienone is 1. The minimum absolute atomic E-state index is 0.0988. The van der Waals surface area contributed by atoms with Crippen LogP contribution < -0.4 is 5.73 Å². The van der Waals surface area contributed by atoms with Crippen LogP contribution in [0.3, 0.4) is 0 Å². The quantitative estimate of drug-likeness (QED) is 0.846. The topological polar surface area (TPSA) is 72.6 Å². The predicted octanol–water partition coefficient (Wildman–Crippen LogP) is 0.412. The lowest BCUT2D eigenvalue weighted by atomic mass is 9.83. The van der Waals surface area contributed by atoms with E-state index >= 15 is 0 Å². The molecule has 2 N–H and O–H groups in total. The van der Waals surface area contributed by atoms with Gasteiger partial charge < -0.3 is 15.4 Å². The highest BCUT2D eigenvalue weighted by molar-refractivity contribution is 6.05. The van der Waals surface area contributed by atoms with Crippen LogP contribution >= 0.6 is 0 Å². The standard InChI is InChI=1S/C15H16N2O3/c1-17-8-11-12(18)7-13(10-5-3-2-4-6-10)20-15(11,9-17)14(16)19/h2-7,11H,8-9H2,1H3,(H2,16,19)/t11-,15-/m0/s1. The van der Waals surface area contributed by atoms with Crippen LogP contribution in [-0.4, -0.2) is 42.3 Å². The highest BCUT2D eigenvalue weighted by Crippen LogP contribution is 2.39. The number of primary amides is 1. The Balaban J connectivity index is 2.04. The van der Waals surface area contributed by atoms with Gasteiger partial charge in [0, 0.05) is 24.7 Å². The molecule has 0 aromatic heterocycles. The van der Waals surface area contributed by atoms with Gasteiger partial charge in [-0.15, -0.1) is 0 Å². The molecule has 1 amide bonds. The molecule has 1 aromatic carbocycles. The Labute approximate surface area is 117 Å². The minimum atomic E-state index is -1.24. The number of ether oxygens (including phenoxy) is 1. The normalized spacial score (nSPS) is 29.6. The molecule has 0 aliphatic carbocycles. The van der Waals surface area contributed by atoms with E-state index in [0.29, 0.717) is 18.8 Å². The summed E-state index contributed by atoms with van der Waals surface area (Å²) in [6.07, 6.45) is 1.47. The van der Waals surface area contributed by atoms with Gasteiger partial charge in [0.1, 0.15) is 5.76 Å². The number of carbonyl (C=O) groups is 2. The fraction of sp³-hybridized carbons (Fsp3) is 0.333. The molecule has 1 aromatic rings. The van der Waals surface area contributed by atoms with E-state index in [0.717, 1.165) is 5.56 Å². The van der Waals surface area contributed by atoms with Gasteiger partial charge in [0.2, 0.25) is 5.60 Å². The number of benzene rings is 1. The SMILES string of the molecule is CN1C[C@H]2C(=O)C=C(c3ccccc3)O[C@@]2(C(N)=O)C1. The van der Waals surface area contributed by atoms with E-state index in [2.05, 4.69) is 0 Å². The van der Waals surface area contributed by atoms with Gasteiger partial charge in [-0.2, -0.15) is 0 Å². The third-order valence-electron chi connectivity index (χ3n) is 3.95. The molecule has 0 radical (unpaired) electrons. The van der Waals surface area contributed by atoms with Gasteiger partial charge >= 0.3 is 0 Å². The van der Waals surface area contributed by atoms with E-state index < -0.39 is 17.4 Å². The van der Waals surface area contributed by atoms with Gasteiger partial charge in [0.05, 0.1) is 5.92 Å². The first kappa shape index (κ1) is 12.9. The molecule has 5 nitrogen and oxygen atoms in total. The molecule has 0 unspecified atom stereocenters.